The summed E-state index contributed by atoms with van der Waals surface area (Å²) in [6.45, 7) is 10.9. The van der Waals surface area contributed by atoms with E-state index in [0.29, 0.717) is 33.0 Å². The number of benzene rings is 1. The van der Waals surface area contributed by atoms with E-state index in [9.17, 15) is 0 Å². The lowest BCUT2D eigenvalue weighted by atomic mass is 10.2. The highest BCUT2D eigenvalue weighted by Crippen LogP contribution is 2.30. The minimum Gasteiger partial charge on any atom is -0.490 e. The summed E-state index contributed by atoms with van der Waals surface area (Å²) in [6.07, 6.45) is -0.248. The SMILES string of the molecule is CCOc1ccc(NCC(OCC)OCC)cc1OCC. The third-order valence-electron chi connectivity index (χ3n) is 2.72. The van der Waals surface area contributed by atoms with Crippen LogP contribution in [0.1, 0.15) is 27.7 Å². The van der Waals surface area contributed by atoms with Crippen LogP contribution < -0.4 is 14.8 Å². The molecule has 0 radical (unpaired) electrons. The Labute approximate surface area is 127 Å². The second kappa shape index (κ2) is 10.3. The van der Waals surface area contributed by atoms with E-state index in [-0.39, 0.29) is 6.29 Å². The fourth-order valence-electron chi connectivity index (χ4n) is 1.90. The van der Waals surface area contributed by atoms with Crippen molar-refractivity contribution in [3.05, 3.63) is 18.2 Å². The van der Waals surface area contributed by atoms with Crippen LogP contribution in [0.4, 0.5) is 5.69 Å². The van der Waals surface area contributed by atoms with Gasteiger partial charge in [0.25, 0.3) is 0 Å². The fourth-order valence-corrected chi connectivity index (χ4v) is 1.90. The maximum absolute atomic E-state index is 5.60. The van der Waals surface area contributed by atoms with Crippen molar-refractivity contribution in [1.29, 1.82) is 0 Å². The third kappa shape index (κ3) is 6.23. The van der Waals surface area contributed by atoms with Crippen molar-refractivity contribution in [2.75, 3.05) is 38.3 Å². The molecule has 5 heteroatoms. The van der Waals surface area contributed by atoms with E-state index in [4.69, 9.17) is 18.9 Å². The molecule has 0 fully saturated rings. The Morgan fingerprint density at radius 2 is 1.48 bits per heavy atom. The summed E-state index contributed by atoms with van der Waals surface area (Å²) in [5.41, 5.74) is 0.950. The van der Waals surface area contributed by atoms with E-state index >= 15 is 0 Å². The average Bonchev–Trinajstić information content (AvgIpc) is 2.48. The van der Waals surface area contributed by atoms with Crippen LogP contribution in [0.15, 0.2) is 18.2 Å². The number of ether oxygens (including phenoxy) is 4. The lowest BCUT2D eigenvalue weighted by Gasteiger charge is -2.19. The molecule has 0 aliphatic rings. The first-order valence-electron chi connectivity index (χ1n) is 7.61. The van der Waals surface area contributed by atoms with Crippen molar-refractivity contribution < 1.29 is 18.9 Å². The molecule has 21 heavy (non-hydrogen) atoms. The van der Waals surface area contributed by atoms with Crippen molar-refractivity contribution in [3.63, 3.8) is 0 Å². The van der Waals surface area contributed by atoms with Gasteiger partial charge in [-0.2, -0.15) is 0 Å². The first-order chi connectivity index (χ1) is 10.2. The molecule has 0 atom stereocenters. The van der Waals surface area contributed by atoms with E-state index in [1.54, 1.807) is 0 Å². The molecule has 0 spiro atoms. The zero-order valence-electron chi connectivity index (χ0n) is 13.5. The molecule has 0 saturated carbocycles. The minimum absolute atomic E-state index is 0.248. The van der Waals surface area contributed by atoms with Crippen molar-refractivity contribution in [3.8, 4) is 11.5 Å². The second-order valence-electron chi connectivity index (χ2n) is 4.25. The minimum atomic E-state index is -0.248. The quantitative estimate of drug-likeness (QED) is 0.635. The molecular formula is C16H27NO4. The second-order valence-corrected chi connectivity index (χ2v) is 4.25. The molecule has 120 valence electrons. The molecule has 1 rings (SSSR count). The standard InChI is InChI=1S/C16H27NO4/c1-5-18-14-10-9-13(11-15(14)19-6-2)17-12-16(20-7-3)21-8-4/h9-11,16-17H,5-8,12H2,1-4H3. The Morgan fingerprint density at radius 3 is 2.05 bits per heavy atom. The zero-order chi connectivity index (χ0) is 15.5. The van der Waals surface area contributed by atoms with E-state index in [1.807, 2.05) is 45.9 Å². The number of rotatable bonds is 11. The summed E-state index contributed by atoms with van der Waals surface area (Å²) < 4.78 is 22.2. The van der Waals surface area contributed by atoms with Crippen molar-refractivity contribution in [2.45, 2.75) is 34.0 Å². The topological polar surface area (TPSA) is 49.0 Å². The van der Waals surface area contributed by atoms with E-state index in [1.165, 1.54) is 0 Å². The summed E-state index contributed by atoms with van der Waals surface area (Å²) in [5.74, 6) is 1.50. The fraction of sp³-hybridized carbons (Fsp3) is 0.625. The predicted octanol–water partition coefficient (Wildman–Crippen LogP) is 3.30. The van der Waals surface area contributed by atoms with Crippen LogP contribution in [0.3, 0.4) is 0 Å². The molecule has 1 aromatic rings. The van der Waals surface area contributed by atoms with E-state index in [0.717, 1.165) is 17.2 Å². The average molecular weight is 297 g/mol. The molecule has 0 saturated heterocycles. The number of anilines is 1. The van der Waals surface area contributed by atoms with Crippen LogP contribution >= 0.6 is 0 Å². The number of hydrogen-bond donors (Lipinski definition) is 1. The van der Waals surface area contributed by atoms with Gasteiger partial charge in [-0.1, -0.05) is 0 Å². The van der Waals surface area contributed by atoms with Crippen molar-refractivity contribution >= 4 is 5.69 Å². The molecular weight excluding hydrogens is 270 g/mol. The van der Waals surface area contributed by atoms with Gasteiger partial charge in [0.1, 0.15) is 0 Å². The Hall–Kier alpha value is -1.46. The van der Waals surface area contributed by atoms with Crippen LogP contribution in [0.2, 0.25) is 0 Å². The van der Waals surface area contributed by atoms with Gasteiger partial charge in [-0.15, -0.1) is 0 Å². The first kappa shape index (κ1) is 17.6. The summed E-state index contributed by atoms with van der Waals surface area (Å²) in [6, 6.07) is 5.80. The lowest BCUT2D eigenvalue weighted by molar-refractivity contribution is -0.126. The van der Waals surface area contributed by atoms with Gasteiger partial charge in [-0.25, -0.2) is 0 Å². The Morgan fingerprint density at radius 1 is 0.857 bits per heavy atom. The summed E-state index contributed by atoms with van der Waals surface area (Å²) in [7, 11) is 0. The summed E-state index contributed by atoms with van der Waals surface area (Å²) in [4.78, 5) is 0. The Balaban J connectivity index is 2.67. The van der Waals surface area contributed by atoms with Crippen molar-refractivity contribution in [1.82, 2.24) is 0 Å². The van der Waals surface area contributed by atoms with E-state index in [2.05, 4.69) is 5.32 Å². The highest BCUT2D eigenvalue weighted by molar-refractivity contribution is 5.54. The molecule has 5 nitrogen and oxygen atoms in total. The predicted molar refractivity (Wildman–Crippen MR) is 84.3 cm³/mol. The maximum Gasteiger partial charge on any atom is 0.174 e. The molecule has 0 aliphatic carbocycles. The zero-order valence-corrected chi connectivity index (χ0v) is 13.5. The molecule has 0 amide bonds. The van der Waals surface area contributed by atoms with Gasteiger partial charge in [0.15, 0.2) is 17.8 Å². The summed E-state index contributed by atoms with van der Waals surface area (Å²) >= 11 is 0. The largest absolute Gasteiger partial charge is 0.490 e. The maximum atomic E-state index is 5.60. The Bertz CT molecular complexity index is 392. The Kier molecular flexibility index (Phi) is 8.62. The van der Waals surface area contributed by atoms with Gasteiger partial charge in [0.2, 0.25) is 0 Å². The summed E-state index contributed by atoms with van der Waals surface area (Å²) in [5, 5.41) is 3.30. The molecule has 0 aliphatic heterocycles. The molecule has 0 unspecified atom stereocenters. The van der Waals surface area contributed by atoms with Crippen LogP contribution in [0.5, 0.6) is 11.5 Å². The first-order valence-corrected chi connectivity index (χ1v) is 7.61. The molecule has 0 heterocycles. The number of nitrogens with one attached hydrogen (secondary N) is 1. The van der Waals surface area contributed by atoms with Gasteiger partial charge in [-0.3, -0.25) is 0 Å². The number of hydrogen-bond acceptors (Lipinski definition) is 5. The van der Waals surface area contributed by atoms with Gasteiger partial charge in [0, 0.05) is 25.0 Å². The lowest BCUT2D eigenvalue weighted by Crippen LogP contribution is -2.26. The van der Waals surface area contributed by atoms with Crippen molar-refractivity contribution in [2.24, 2.45) is 0 Å². The monoisotopic (exact) mass is 297 g/mol. The highest BCUT2D eigenvalue weighted by Gasteiger charge is 2.09. The molecule has 0 bridgehead atoms. The van der Waals surface area contributed by atoms with Gasteiger partial charge in [-0.05, 0) is 39.8 Å². The smallest absolute Gasteiger partial charge is 0.174 e. The third-order valence-corrected chi connectivity index (χ3v) is 2.72. The van der Waals surface area contributed by atoms with Gasteiger partial charge >= 0.3 is 0 Å². The normalized spacial score (nSPS) is 10.7. The van der Waals surface area contributed by atoms with E-state index < -0.39 is 0 Å². The molecule has 1 N–H and O–H groups in total. The van der Waals surface area contributed by atoms with Crippen LogP contribution in [0.25, 0.3) is 0 Å². The van der Waals surface area contributed by atoms with Crippen LogP contribution in [-0.4, -0.2) is 39.3 Å². The van der Waals surface area contributed by atoms with Gasteiger partial charge in [0.05, 0.1) is 19.8 Å². The van der Waals surface area contributed by atoms with Crippen LogP contribution in [0, 0.1) is 0 Å². The van der Waals surface area contributed by atoms with Crippen LogP contribution in [-0.2, 0) is 9.47 Å². The molecule has 1 aromatic carbocycles. The van der Waals surface area contributed by atoms with Gasteiger partial charge < -0.3 is 24.3 Å². The highest BCUT2D eigenvalue weighted by atomic mass is 16.7. The molecule has 0 aromatic heterocycles.